The van der Waals surface area contributed by atoms with E-state index in [-0.39, 0.29) is 6.04 Å². The van der Waals surface area contributed by atoms with E-state index >= 15 is 0 Å². The van der Waals surface area contributed by atoms with Crippen molar-refractivity contribution in [1.82, 2.24) is 4.98 Å². The summed E-state index contributed by atoms with van der Waals surface area (Å²) in [5.41, 5.74) is 2.45. The fourth-order valence-corrected chi connectivity index (χ4v) is 2.99. The molecule has 0 spiro atoms. The Balaban J connectivity index is 2.20. The first-order chi connectivity index (χ1) is 9.11. The van der Waals surface area contributed by atoms with Crippen molar-refractivity contribution in [3.63, 3.8) is 0 Å². The minimum absolute atomic E-state index is 0.218. The number of aromatic nitrogens is 1. The van der Waals surface area contributed by atoms with Crippen molar-refractivity contribution in [2.75, 3.05) is 16.8 Å². The van der Waals surface area contributed by atoms with Crippen LogP contribution in [0.25, 0.3) is 0 Å². The van der Waals surface area contributed by atoms with Crippen molar-refractivity contribution in [2.24, 2.45) is 0 Å². The Labute approximate surface area is 118 Å². The van der Waals surface area contributed by atoms with Crippen molar-refractivity contribution in [3.05, 3.63) is 22.9 Å². The Morgan fingerprint density at radius 2 is 2.37 bits per heavy atom. The Bertz CT molecular complexity index is 477. The Kier molecular flexibility index (Phi) is 4.69. The first-order valence-electron chi connectivity index (χ1n) is 6.72. The number of rotatable bonds is 6. The van der Waals surface area contributed by atoms with Gasteiger partial charge in [-0.15, -0.1) is 0 Å². The number of hydrogen-bond donors (Lipinski definition) is 2. The first-order valence-corrected chi connectivity index (χ1v) is 7.87. The third-order valence-electron chi connectivity index (χ3n) is 3.24. The maximum Gasteiger partial charge on any atom is 0.339 e. The predicted molar refractivity (Wildman–Crippen MR) is 79.3 cm³/mol. The van der Waals surface area contributed by atoms with Gasteiger partial charge in [0, 0.05) is 17.5 Å². The lowest BCUT2D eigenvalue weighted by molar-refractivity contribution is 0.0697. The SMILES string of the molecule is CCSCC(C)Nc1nc2c(cc1C(=O)O)CCC2. The van der Waals surface area contributed by atoms with Gasteiger partial charge in [0.15, 0.2) is 0 Å². The fraction of sp³-hybridized carbons (Fsp3) is 0.571. The molecule has 0 fully saturated rings. The molecule has 1 aliphatic rings. The molecule has 0 bridgehead atoms. The number of carboxylic acid groups (broad SMARTS) is 1. The zero-order valence-electron chi connectivity index (χ0n) is 11.4. The molecule has 0 aromatic carbocycles. The normalized spacial score (nSPS) is 15.1. The summed E-state index contributed by atoms with van der Waals surface area (Å²) < 4.78 is 0. The average molecular weight is 280 g/mol. The molecule has 1 aromatic heterocycles. The molecule has 1 heterocycles. The second kappa shape index (κ2) is 6.28. The predicted octanol–water partition coefficient (Wildman–Crippen LogP) is 2.82. The van der Waals surface area contributed by atoms with Crippen molar-refractivity contribution in [3.8, 4) is 0 Å². The molecular formula is C14H20N2O2S. The number of nitrogens with zero attached hydrogens (tertiary/aromatic N) is 1. The van der Waals surface area contributed by atoms with Crippen LogP contribution in [-0.2, 0) is 12.8 Å². The second-order valence-corrected chi connectivity index (χ2v) is 6.17. The van der Waals surface area contributed by atoms with Gasteiger partial charge in [-0.1, -0.05) is 6.92 Å². The van der Waals surface area contributed by atoms with E-state index in [4.69, 9.17) is 0 Å². The molecule has 2 rings (SSSR count). The smallest absolute Gasteiger partial charge is 0.339 e. The molecule has 0 radical (unpaired) electrons. The van der Waals surface area contributed by atoms with Crippen LogP contribution in [0.1, 0.15) is 41.9 Å². The number of nitrogens with one attached hydrogen (secondary N) is 1. The minimum Gasteiger partial charge on any atom is -0.478 e. The van der Waals surface area contributed by atoms with E-state index in [9.17, 15) is 9.90 Å². The van der Waals surface area contributed by atoms with Gasteiger partial charge in [0.2, 0.25) is 0 Å². The summed E-state index contributed by atoms with van der Waals surface area (Å²) in [6, 6.07) is 2.01. The maximum absolute atomic E-state index is 11.3. The highest BCUT2D eigenvalue weighted by Gasteiger charge is 2.20. The van der Waals surface area contributed by atoms with Crippen molar-refractivity contribution in [2.45, 2.75) is 39.2 Å². The number of carbonyl (C=O) groups is 1. The molecular weight excluding hydrogens is 260 g/mol. The third-order valence-corrected chi connectivity index (χ3v) is 4.38. The van der Waals surface area contributed by atoms with Crippen molar-refractivity contribution in [1.29, 1.82) is 0 Å². The summed E-state index contributed by atoms with van der Waals surface area (Å²) >= 11 is 1.84. The van der Waals surface area contributed by atoms with Crippen LogP contribution in [0.3, 0.4) is 0 Å². The highest BCUT2D eigenvalue weighted by Crippen LogP contribution is 2.26. The van der Waals surface area contributed by atoms with Crippen LogP contribution >= 0.6 is 11.8 Å². The van der Waals surface area contributed by atoms with Gasteiger partial charge in [-0.25, -0.2) is 9.78 Å². The number of thioether (sulfide) groups is 1. The Morgan fingerprint density at radius 1 is 1.58 bits per heavy atom. The van der Waals surface area contributed by atoms with E-state index in [1.165, 1.54) is 0 Å². The summed E-state index contributed by atoms with van der Waals surface area (Å²) in [6.07, 6.45) is 2.98. The molecule has 0 saturated carbocycles. The lowest BCUT2D eigenvalue weighted by atomic mass is 10.1. The molecule has 19 heavy (non-hydrogen) atoms. The molecule has 0 aliphatic heterocycles. The second-order valence-electron chi connectivity index (χ2n) is 4.85. The quantitative estimate of drug-likeness (QED) is 0.839. The molecule has 4 nitrogen and oxygen atoms in total. The van der Waals surface area contributed by atoms with Crippen LogP contribution in [0.2, 0.25) is 0 Å². The van der Waals surface area contributed by atoms with Gasteiger partial charge < -0.3 is 10.4 Å². The molecule has 0 amide bonds. The van der Waals surface area contributed by atoms with Crippen LogP contribution < -0.4 is 5.32 Å². The average Bonchev–Trinajstić information content (AvgIpc) is 2.82. The van der Waals surface area contributed by atoms with Gasteiger partial charge in [0.05, 0.1) is 0 Å². The van der Waals surface area contributed by atoms with Crippen molar-refractivity contribution < 1.29 is 9.90 Å². The van der Waals surface area contributed by atoms with Crippen LogP contribution in [0.15, 0.2) is 6.07 Å². The summed E-state index contributed by atoms with van der Waals surface area (Å²) in [5, 5.41) is 12.5. The van der Waals surface area contributed by atoms with Crippen LogP contribution in [0.5, 0.6) is 0 Å². The number of carboxylic acids is 1. The van der Waals surface area contributed by atoms with Crippen LogP contribution in [0, 0.1) is 0 Å². The van der Waals surface area contributed by atoms with Crippen LogP contribution in [-0.4, -0.2) is 33.6 Å². The van der Waals surface area contributed by atoms with Crippen molar-refractivity contribution >= 4 is 23.5 Å². The zero-order chi connectivity index (χ0) is 13.8. The minimum atomic E-state index is -0.903. The molecule has 0 saturated heterocycles. The fourth-order valence-electron chi connectivity index (χ4n) is 2.31. The summed E-state index contributed by atoms with van der Waals surface area (Å²) in [5.74, 6) is 1.64. The number of hydrogen-bond acceptors (Lipinski definition) is 4. The highest BCUT2D eigenvalue weighted by atomic mass is 32.2. The van der Waals surface area contributed by atoms with E-state index in [2.05, 4.69) is 24.1 Å². The van der Waals surface area contributed by atoms with Gasteiger partial charge >= 0.3 is 5.97 Å². The molecule has 1 atom stereocenters. The zero-order valence-corrected chi connectivity index (χ0v) is 12.2. The van der Waals surface area contributed by atoms with Crippen LogP contribution in [0.4, 0.5) is 5.82 Å². The number of anilines is 1. The van der Waals surface area contributed by atoms with Gasteiger partial charge in [-0.2, -0.15) is 11.8 Å². The van der Waals surface area contributed by atoms with E-state index < -0.39 is 5.97 Å². The molecule has 2 N–H and O–H groups in total. The topological polar surface area (TPSA) is 62.2 Å². The Morgan fingerprint density at radius 3 is 3.05 bits per heavy atom. The lowest BCUT2D eigenvalue weighted by Crippen LogP contribution is -2.21. The largest absolute Gasteiger partial charge is 0.478 e. The molecule has 5 heteroatoms. The van der Waals surface area contributed by atoms with Gasteiger partial charge in [-0.3, -0.25) is 0 Å². The number of aryl methyl sites for hydroxylation is 2. The van der Waals surface area contributed by atoms with Gasteiger partial charge in [0.1, 0.15) is 11.4 Å². The molecule has 1 aromatic rings. The number of pyridine rings is 1. The lowest BCUT2D eigenvalue weighted by Gasteiger charge is -2.16. The summed E-state index contributed by atoms with van der Waals surface area (Å²) in [6.45, 7) is 4.18. The monoisotopic (exact) mass is 280 g/mol. The summed E-state index contributed by atoms with van der Waals surface area (Å²) in [4.78, 5) is 15.9. The molecule has 1 unspecified atom stereocenters. The number of aromatic carboxylic acids is 1. The van der Waals surface area contributed by atoms with E-state index in [0.29, 0.717) is 11.4 Å². The highest BCUT2D eigenvalue weighted by molar-refractivity contribution is 7.99. The van der Waals surface area contributed by atoms with Gasteiger partial charge in [0.25, 0.3) is 0 Å². The van der Waals surface area contributed by atoms with E-state index in [1.54, 1.807) is 6.07 Å². The van der Waals surface area contributed by atoms with E-state index in [0.717, 1.165) is 42.0 Å². The first kappa shape index (κ1) is 14.2. The molecule has 1 aliphatic carbocycles. The Hall–Kier alpha value is -1.23. The standard InChI is InChI=1S/C14H20N2O2S/c1-3-19-8-9(2)15-13-11(14(17)18)7-10-5-4-6-12(10)16-13/h7,9H,3-6,8H2,1-2H3,(H,15,16)(H,17,18). The maximum atomic E-state index is 11.3. The summed E-state index contributed by atoms with van der Waals surface area (Å²) in [7, 11) is 0. The van der Waals surface area contributed by atoms with Gasteiger partial charge in [-0.05, 0) is 43.6 Å². The number of fused-ring (bicyclic) bond motifs is 1. The third kappa shape index (κ3) is 3.41. The van der Waals surface area contributed by atoms with E-state index in [1.807, 2.05) is 11.8 Å². The molecule has 104 valence electrons.